The summed E-state index contributed by atoms with van der Waals surface area (Å²) >= 11 is 0. The first-order chi connectivity index (χ1) is 10.1. The predicted molar refractivity (Wildman–Crippen MR) is 83.5 cm³/mol. The van der Waals surface area contributed by atoms with Crippen LogP contribution >= 0.6 is 0 Å². The minimum absolute atomic E-state index is 0.203. The van der Waals surface area contributed by atoms with Gasteiger partial charge in [0.05, 0.1) is 6.10 Å². The lowest BCUT2D eigenvalue weighted by molar-refractivity contribution is 0.123. The average Bonchev–Trinajstić information content (AvgIpc) is 2.49. The Bertz CT molecular complexity index is 568. The summed E-state index contributed by atoms with van der Waals surface area (Å²) in [6.45, 7) is 3.06. The topological polar surface area (TPSA) is 23.5 Å². The Labute approximate surface area is 125 Å². The number of aryl methyl sites for hydroxylation is 1. The van der Waals surface area contributed by atoms with E-state index in [0.717, 1.165) is 12.0 Å². The molecule has 0 aliphatic heterocycles. The van der Waals surface area contributed by atoms with Gasteiger partial charge in [0.25, 0.3) is 0 Å². The van der Waals surface area contributed by atoms with E-state index >= 15 is 0 Å². The maximum atomic E-state index is 13.6. The van der Waals surface area contributed by atoms with E-state index in [9.17, 15) is 9.50 Å². The van der Waals surface area contributed by atoms with Crippen molar-refractivity contribution in [1.29, 1.82) is 0 Å². The molecule has 1 N–H and O–H groups in total. The molecule has 2 aromatic carbocycles. The van der Waals surface area contributed by atoms with Crippen LogP contribution in [-0.4, -0.2) is 23.6 Å². The molecule has 1 unspecified atom stereocenters. The van der Waals surface area contributed by atoms with Gasteiger partial charge in [-0.3, -0.25) is 4.90 Å². The highest BCUT2D eigenvalue weighted by atomic mass is 19.1. The van der Waals surface area contributed by atoms with Crippen LogP contribution in [0.4, 0.5) is 4.39 Å². The third kappa shape index (κ3) is 4.38. The summed E-state index contributed by atoms with van der Waals surface area (Å²) in [4.78, 5) is 1.93. The van der Waals surface area contributed by atoms with Crippen LogP contribution in [0.15, 0.2) is 48.5 Å². The highest BCUT2D eigenvalue weighted by molar-refractivity contribution is 5.24. The zero-order chi connectivity index (χ0) is 15.2. The summed E-state index contributed by atoms with van der Waals surface area (Å²) in [6, 6.07) is 14.7. The number of hydrogen-bond acceptors (Lipinski definition) is 2. The smallest absolute Gasteiger partial charge is 0.127 e. The van der Waals surface area contributed by atoms with Crippen molar-refractivity contribution in [3.8, 4) is 0 Å². The van der Waals surface area contributed by atoms with E-state index in [-0.39, 0.29) is 5.82 Å². The zero-order valence-corrected chi connectivity index (χ0v) is 12.6. The van der Waals surface area contributed by atoms with Gasteiger partial charge in [-0.2, -0.15) is 0 Å². The highest BCUT2D eigenvalue weighted by Gasteiger charge is 2.12. The molecule has 112 valence electrons. The molecule has 0 heterocycles. The molecule has 0 aromatic heterocycles. The van der Waals surface area contributed by atoms with E-state index in [1.54, 1.807) is 12.1 Å². The van der Waals surface area contributed by atoms with Crippen LogP contribution in [0.5, 0.6) is 0 Å². The molecule has 2 rings (SSSR count). The van der Waals surface area contributed by atoms with Crippen molar-refractivity contribution in [2.75, 3.05) is 13.6 Å². The van der Waals surface area contributed by atoms with Gasteiger partial charge in [0, 0.05) is 18.7 Å². The number of nitrogens with zero attached hydrogens (tertiary/aromatic N) is 1. The molecule has 3 heteroatoms. The lowest BCUT2D eigenvalue weighted by Gasteiger charge is -2.21. The fourth-order valence-corrected chi connectivity index (χ4v) is 2.36. The number of likely N-dealkylation sites (N-methyl/N-ethyl adjacent to an activating group) is 1. The van der Waals surface area contributed by atoms with Gasteiger partial charge in [-0.05, 0) is 30.7 Å². The largest absolute Gasteiger partial charge is 0.387 e. The number of aliphatic hydroxyl groups excluding tert-OH is 1. The number of halogens is 1. The van der Waals surface area contributed by atoms with Crippen molar-refractivity contribution >= 4 is 0 Å². The Morgan fingerprint density at radius 2 is 1.76 bits per heavy atom. The quantitative estimate of drug-likeness (QED) is 0.878. The highest BCUT2D eigenvalue weighted by Crippen LogP contribution is 2.17. The molecule has 0 bridgehead atoms. The monoisotopic (exact) mass is 287 g/mol. The molecular formula is C18H22FNO. The summed E-state index contributed by atoms with van der Waals surface area (Å²) in [7, 11) is 1.88. The number of benzene rings is 2. The maximum Gasteiger partial charge on any atom is 0.127 e. The van der Waals surface area contributed by atoms with E-state index in [1.165, 1.54) is 11.6 Å². The molecule has 0 amide bonds. The second-order valence-electron chi connectivity index (χ2n) is 5.40. The Morgan fingerprint density at radius 3 is 2.38 bits per heavy atom. The van der Waals surface area contributed by atoms with Crippen molar-refractivity contribution in [2.45, 2.75) is 26.0 Å². The SMILES string of the molecule is CCc1ccc(C(O)CN(C)Cc2ccccc2F)cc1. The third-order valence-corrected chi connectivity index (χ3v) is 3.66. The van der Waals surface area contributed by atoms with Crippen LogP contribution in [0, 0.1) is 5.82 Å². The van der Waals surface area contributed by atoms with Crippen LogP contribution in [-0.2, 0) is 13.0 Å². The zero-order valence-electron chi connectivity index (χ0n) is 12.6. The second kappa shape index (κ2) is 7.34. The molecule has 0 fully saturated rings. The van der Waals surface area contributed by atoms with Gasteiger partial charge in [-0.1, -0.05) is 49.4 Å². The Kier molecular flexibility index (Phi) is 5.48. The molecule has 2 nitrogen and oxygen atoms in total. The standard InChI is InChI=1S/C18H22FNO/c1-3-14-8-10-15(11-9-14)18(21)13-20(2)12-16-6-4-5-7-17(16)19/h4-11,18,21H,3,12-13H2,1-2H3. The van der Waals surface area contributed by atoms with E-state index in [4.69, 9.17) is 0 Å². The van der Waals surface area contributed by atoms with Crippen LogP contribution in [0.25, 0.3) is 0 Å². The van der Waals surface area contributed by atoms with Crippen LogP contribution in [0.2, 0.25) is 0 Å². The Morgan fingerprint density at radius 1 is 1.10 bits per heavy atom. The van der Waals surface area contributed by atoms with E-state index in [1.807, 2.05) is 42.3 Å². The lowest BCUT2D eigenvalue weighted by atomic mass is 10.1. The minimum atomic E-state index is -0.562. The molecule has 0 aliphatic rings. The maximum absolute atomic E-state index is 13.6. The second-order valence-corrected chi connectivity index (χ2v) is 5.40. The van der Waals surface area contributed by atoms with Crippen LogP contribution in [0.1, 0.15) is 29.7 Å². The molecule has 0 aliphatic carbocycles. The lowest BCUT2D eigenvalue weighted by Crippen LogP contribution is -2.24. The molecule has 0 saturated heterocycles. The molecule has 21 heavy (non-hydrogen) atoms. The van der Waals surface area contributed by atoms with Gasteiger partial charge in [-0.15, -0.1) is 0 Å². The summed E-state index contributed by atoms with van der Waals surface area (Å²) in [6.07, 6.45) is 0.427. The van der Waals surface area contributed by atoms with Crippen LogP contribution < -0.4 is 0 Å². The Balaban J connectivity index is 1.95. The number of rotatable bonds is 6. The van der Waals surface area contributed by atoms with Gasteiger partial charge in [0.1, 0.15) is 5.82 Å². The van der Waals surface area contributed by atoms with Crippen molar-refractivity contribution < 1.29 is 9.50 Å². The van der Waals surface area contributed by atoms with Crippen molar-refractivity contribution in [1.82, 2.24) is 4.90 Å². The van der Waals surface area contributed by atoms with Crippen LogP contribution in [0.3, 0.4) is 0 Å². The predicted octanol–water partition coefficient (Wildman–Crippen LogP) is 3.55. The van der Waals surface area contributed by atoms with E-state index in [0.29, 0.717) is 18.7 Å². The van der Waals surface area contributed by atoms with Crippen molar-refractivity contribution in [3.63, 3.8) is 0 Å². The first-order valence-electron chi connectivity index (χ1n) is 7.29. The van der Waals surface area contributed by atoms with Gasteiger partial charge in [0.15, 0.2) is 0 Å². The Hall–Kier alpha value is -1.71. The summed E-state index contributed by atoms with van der Waals surface area (Å²) in [5.74, 6) is -0.203. The molecule has 0 spiro atoms. The average molecular weight is 287 g/mol. The van der Waals surface area contributed by atoms with E-state index < -0.39 is 6.10 Å². The third-order valence-electron chi connectivity index (χ3n) is 3.66. The number of hydrogen-bond donors (Lipinski definition) is 1. The first-order valence-corrected chi connectivity index (χ1v) is 7.29. The fraction of sp³-hybridized carbons (Fsp3) is 0.333. The summed E-state index contributed by atoms with van der Waals surface area (Å²) in [5.41, 5.74) is 2.80. The van der Waals surface area contributed by atoms with Gasteiger partial charge < -0.3 is 5.11 Å². The molecule has 2 aromatic rings. The molecule has 0 saturated carbocycles. The first kappa shape index (κ1) is 15.7. The normalized spacial score (nSPS) is 12.6. The van der Waals surface area contributed by atoms with E-state index in [2.05, 4.69) is 6.92 Å². The molecule has 0 radical (unpaired) electrons. The molecular weight excluding hydrogens is 265 g/mol. The van der Waals surface area contributed by atoms with Gasteiger partial charge >= 0.3 is 0 Å². The summed E-state index contributed by atoms with van der Waals surface area (Å²) in [5, 5.41) is 10.3. The minimum Gasteiger partial charge on any atom is -0.387 e. The van der Waals surface area contributed by atoms with Gasteiger partial charge in [-0.25, -0.2) is 4.39 Å². The summed E-state index contributed by atoms with van der Waals surface area (Å²) < 4.78 is 13.6. The molecule has 1 atom stereocenters. The number of aliphatic hydroxyl groups is 1. The van der Waals surface area contributed by atoms with Gasteiger partial charge in [0.2, 0.25) is 0 Å². The van der Waals surface area contributed by atoms with Crippen molar-refractivity contribution in [3.05, 3.63) is 71.0 Å². The fourth-order valence-electron chi connectivity index (χ4n) is 2.36. The van der Waals surface area contributed by atoms with Crippen molar-refractivity contribution in [2.24, 2.45) is 0 Å².